The topological polar surface area (TPSA) is 88.3 Å². The van der Waals surface area contributed by atoms with Crippen molar-refractivity contribution >= 4 is 22.8 Å². The molecule has 0 fully saturated rings. The zero-order valence-electron chi connectivity index (χ0n) is 13.2. The maximum atomic E-state index is 12.1. The van der Waals surface area contributed by atoms with Gasteiger partial charge in [-0.3, -0.25) is 9.59 Å². The van der Waals surface area contributed by atoms with E-state index in [1.54, 1.807) is 24.3 Å². The summed E-state index contributed by atoms with van der Waals surface area (Å²) >= 11 is 0. The van der Waals surface area contributed by atoms with Crippen molar-refractivity contribution in [1.82, 2.24) is 10.3 Å². The van der Waals surface area contributed by atoms with Crippen LogP contribution < -0.4 is 10.9 Å². The summed E-state index contributed by atoms with van der Waals surface area (Å²) in [7, 11) is 0. The average molecular weight is 316 g/mol. The zero-order valence-corrected chi connectivity index (χ0v) is 13.2. The Morgan fingerprint density at radius 3 is 2.74 bits per heavy atom. The molecule has 2 rings (SSSR count). The Labute approximate surface area is 133 Å². The van der Waals surface area contributed by atoms with E-state index >= 15 is 0 Å². The van der Waals surface area contributed by atoms with E-state index in [9.17, 15) is 14.4 Å². The number of carbonyl (C=O) groups excluding carboxylic acids is 2. The molecule has 23 heavy (non-hydrogen) atoms. The molecule has 6 heteroatoms. The lowest BCUT2D eigenvalue weighted by atomic mass is 10.1. The number of nitrogens with one attached hydrogen (secondary N) is 2. The number of aromatic amines is 1. The Hall–Kier alpha value is -2.63. The van der Waals surface area contributed by atoms with E-state index in [1.807, 2.05) is 0 Å². The van der Waals surface area contributed by atoms with Gasteiger partial charge in [0.1, 0.15) is 0 Å². The number of carbonyl (C=O) groups is 2. The molecule has 122 valence electrons. The third kappa shape index (κ3) is 4.67. The van der Waals surface area contributed by atoms with Gasteiger partial charge in [0.25, 0.3) is 5.91 Å². The lowest BCUT2D eigenvalue weighted by Crippen LogP contribution is -2.30. The minimum absolute atomic E-state index is 0.152. The van der Waals surface area contributed by atoms with Crippen LogP contribution in [0.1, 0.15) is 30.6 Å². The van der Waals surface area contributed by atoms with E-state index in [2.05, 4.69) is 24.1 Å². The highest BCUT2D eigenvalue weighted by molar-refractivity contribution is 6.03. The van der Waals surface area contributed by atoms with Crippen LogP contribution in [0.25, 0.3) is 10.9 Å². The van der Waals surface area contributed by atoms with Gasteiger partial charge in [0.15, 0.2) is 6.61 Å². The first-order chi connectivity index (χ1) is 11.0. The normalized spacial score (nSPS) is 10.7. The molecular weight excluding hydrogens is 296 g/mol. The monoisotopic (exact) mass is 316 g/mol. The van der Waals surface area contributed by atoms with Gasteiger partial charge in [-0.05, 0) is 18.4 Å². The standard InChI is InChI=1S/C17H20N2O4/c1-11(2)7-8-18-16(21)10-23-17(22)13-9-15(20)19-14-6-4-3-5-12(13)14/h3-6,9,11H,7-8,10H2,1-2H3,(H,18,21)(H,19,20). The molecule has 0 spiro atoms. The van der Waals surface area contributed by atoms with E-state index in [-0.39, 0.29) is 18.1 Å². The van der Waals surface area contributed by atoms with Crippen molar-refractivity contribution in [3.8, 4) is 0 Å². The molecule has 1 amide bonds. The van der Waals surface area contributed by atoms with E-state index in [4.69, 9.17) is 4.74 Å². The molecule has 0 aliphatic carbocycles. The second-order valence-electron chi connectivity index (χ2n) is 5.70. The van der Waals surface area contributed by atoms with Crippen molar-refractivity contribution in [2.45, 2.75) is 20.3 Å². The SMILES string of the molecule is CC(C)CCNC(=O)COC(=O)c1cc(=O)[nH]c2ccccc12. The van der Waals surface area contributed by atoms with Gasteiger partial charge in [0, 0.05) is 23.5 Å². The lowest BCUT2D eigenvalue weighted by Gasteiger charge is -2.09. The summed E-state index contributed by atoms with van der Waals surface area (Å²) in [6.45, 7) is 4.30. The molecule has 0 saturated heterocycles. The molecule has 2 aromatic rings. The molecule has 1 aromatic carbocycles. The van der Waals surface area contributed by atoms with E-state index in [0.717, 1.165) is 6.42 Å². The van der Waals surface area contributed by atoms with Crippen LogP contribution >= 0.6 is 0 Å². The Kier molecular flexibility index (Phi) is 5.51. The van der Waals surface area contributed by atoms with Crippen molar-refractivity contribution in [3.63, 3.8) is 0 Å². The maximum Gasteiger partial charge on any atom is 0.339 e. The zero-order chi connectivity index (χ0) is 16.8. The van der Waals surface area contributed by atoms with Gasteiger partial charge < -0.3 is 15.0 Å². The van der Waals surface area contributed by atoms with Crippen LogP contribution in [0.15, 0.2) is 35.1 Å². The van der Waals surface area contributed by atoms with Crippen molar-refractivity contribution in [2.75, 3.05) is 13.2 Å². The van der Waals surface area contributed by atoms with Crippen LogP contribution in [-0.2, 0) is 9.53 Å². The second-order valence-corrected chi connectivity index (χ2v) is 5.70. The first-order valence-corrected chi connectivity index (χ1v) is 7.53. The third-order valence-electron chi connectivity index (χ3n) is 3.35. The predicted molar refractivity (Wildman–Crippen MR) is 87.3 cm³/mol. The van der Waals surface area contributed by atoms with Gasteiger partial charge in [0.05, 0.1) is 5.56 Å². The van der Waals surface area contributed by atoms with Crippen molar-refractivity contribution in [2.24, 2.45) is 5.92 Å². The summed E-state index contributed by atoms with van der Waals surface area (Å²) in [4.78, 5) is 38.0. The number of pyridine rings is 1. The second kappa shape index (κ2) is 7.58. The largest absolute Gasteiger partial charge is 0.452 e. The van der Waals surface area contributed by atoms with Crippen LogP contribution in [0.5, 0.6) is 0 Å². The fourth-order valence-electron chi connectivity index (χ4n) is 2.13. The van der Waals surface area contributed by atoms with Gasteiger partial charge in [0.2, 0.25) is 5.56 Å². The van der Waals surface area contributed by atoms with Crippen LogP contribution in [0, 0.1) is 5.92 Å². The van der Waals surface area contributed by atoms with E-state index in [1.165, 1.54) is 6.07 Å². The molecule has 0 unspecified atom stereocenters. The maximum absolute atomic E-state index is 12.1. The third-order valence-corrected chi connectivity index (χ3v) is 3.35. The van der Waals surface area contributed by atoms with E-state index in [0.29, 0.717) is 23.4 Å². The molecular formula is C17H20N2O4. The summed E-state index contributed by atoms with van der Waals surface area (Å²) in [5.74, 6) is -0.556. The Morgan fingerprint density at radius 1 is 1.26 bits per heavy atom. The van der Waals surface area contributed by atoms with Crippen LogP contribution in [0.2, 0.25) is 0 Å². The average Bonchev–Trinajstić information content (AvgIpc) is 2.51. The van der Waals surface area contributed by atoms with Gasteiger partial charge in [-0.2, -0.15) is 0 Å². The molecule has 1 heterocycles. The lowest BCUT2D eigenvalue weighted by molar-refractivity contribution is -0.124. The highest BCUT2D eigenvalue weighted by atomic mass is 16.5. The number of fused-ring (bicyclic) bond motifs is 1. The summed E-state index contributed by atoms with van der Waals surface area (Å²) in [5.41, 5.74) is 0.310. The highest BCUT2D eigenvalue weighted by Gasteiger charge is 2.14. The molecule has 0 saturated carbocycles. The number of amides is 1. The number of esters is 1. The Bertz CT molecular complexity index is 765. The van der Waals surface area contributed by atoms with Crippen LogP contribution in [0.4, 0.5) is 0 Å². The molecule has 2 N–H and O–H groups in total. The number of ether oxygens (including phenoxy) is 1. The Morgan fingerprint density at radius 2 is 2.00 bits per heavy atom. The first kappa shape index (κ1) is 16.7. The van der Waals surface area contributed by atoms with Crippen molar-refractivity contribution in [3.05, 3.63) is 46.2 Å². The molecule has 0 bridgehead atoms. The number of hydrogen-bond donors (Lipinski definition) is 2. The van der Waals surface area contributed by atoms with Gasteiger partial charge in [-0.25, -0.2) is 4.79 Å². The molecule has 1 aromatic heterocycles. The molecule has 0 aliphatic rings. The van der Waals surface area contributed by atoms with Crippen molar-refractivity contribution in [1.29, 1.82) is 0 Å². The van der Waals surface area contributed by atoms with Gasteiger partial charge in [-0.15, -0.1) is 0 Å². The van der Waals surface area contributed by atoms with Gasteiger partial charge in [-0.1, -0.05) is 32.0 Å². The first-order valence-electron chi connectivity index (χ1n) is 7.53. The smallest absolute Gasteiger partial charge is 0.339 e. The number of H-pyrrole nitrogens is 1. The minimum atomic E-state index is -0.689. The molecule has 0 aliphatic heterocycles. The predicted octanol–water partition coefficient (Wildman–Crippen LogP) is 1.85. The fraction of sp³-hybridized carbons (Fsp3) is 0.353. The van der Waals surface area contributed by atoms with Gasteiger partial charge >= 0.3 is 5.97 Å². The highest BCUT2D eigenvalue weighted by Crippen LogP contribution is 2.15. The summed E-state index contributed by atoms with van der Waals surface area (Å²) < 4.78 is 5.01. The van der Waals surface area contributed by atoms with Crippen LogP contribution in [-0.4, -0.2) is 30.0 Å². The summed E-state index contributed by atoms with van der Waals surface area (Å²) in [6, 6.07) is 8.11. The molecule has 0 atom stereocenters. The molecule has 0 radical (unpaired) electrons. The Balaban J connectivity index is 2.01. The van der Waals surface area contributed by atoms with E-state index < -0.39 is 11.5 Å². The quantitative estimate of drug-likeness (QED) is 0.796. The number of para-hydroxylation sites is 1. The summed E-state index contributed by atoms with van der Waals surface area (Å²) in [6.07, 6.45) is 0.860. The number of aromatic nitrogens is 1. The number of hydrogen-bond acceptors (Lipinski definition) is 4. The fourth-order valence-corrected chi connectivity index (χ4v) is 2.13. The molecule has 6 nitrogen and oxygen atoms in total. The van der Waals surface area contributed by atoms with Crippen LogP contribution in [0.3, 0.4) is 0 Å². The van der Waals surface area contributed by atoms with Crippen molar-refractivity contribution < 1.29 is 14.3 Å². The number of benzene rings is 1. The minimum Gasteiger partial charge on any atom is -0.452 e. The summed E-state index contributed by atoms with van der Waals surface area (Å²) in [5, 5.41) is 3.27. The number of rotatable bonds is 6.